The molecule has 6 nitrogen and oxygen atoms in total. The van der Waals surface area contributed by atoms with Crippen LogP contribution in [0.1, 0.15) is 12.0 Å². The van der Waals surface area contributed by atoms with Crippen LogP contribution >= 0.6 is 24.0 Å². The molecule has 0 bridgehead atoms. The van der Waals surface area contributed by atoms with E-state index in [4.69, 9.17) is 21.7 Å². The van der Waals surface area contributed by atoms with Crippen molar-refractivity contribution in [1.82, 2.24) is 4.90 Å². The van der Waals surface area contributed by atoms with Crippen LogP contribution in [-0.2, 0) is 9.59 Å². The van der Waals surface area contributed by atoms with Crippen LogP contribution in [0, 0.1) is 0 Å². The van der Waals surface area contributed by atoms with Gasteiger partial charge in [0.2, 0.25) is 5.91 Å². The number of carbonyl (C=O) groups is 2. The highest BCUT2D eigenvalue weighted by molar-refractivity contribution is 8.26. The molecule has 8 heteroatoms. The number of methoxy groups -OCH3 is 2. The quantitative estimate of drug-likeness (QED) is 0.532. The molecule has 2 amide bonds. The lowest BCUT2D eigenvalue weighted by atomic mass is 10.2. The van der Waals surface area contributed by atoms with Crippen molar-refractivity contribution in [2.75, 3.05) is 26.1 Å². The fraction of sp³-hybridized carbons (Fsp3) is 0.190. The average molecular weight is 429 g/mol. The van der Waals surface area contributed by atoms with Crippen LogP contribution < -0.4 is 14.8 Å². The number of carbonyl (C=O) groups excluding carboxylic acids is 2. The van der Waals surface area contributed by atoms with E-state index in [1.54, 1.807) is 44.6 Å². The molecule has 29 heavy (non-hydrogen) atoms. The van der Waals surface area contributed by atoms with E-state index in [9.17, 15) is 9.59 Å². The molecule has 0 aliphatic carbocycles. The second-order valence-electron chi connectivity index (χ2n) is 6.14. The Hall–Kier alpha value is -2.84. The first kappa shape index (κ1) is 20.9. The van der Waals surface area contributed by atoms with Gasteiger partial charge < -0.3 is 14.8 Å². The molecule has 1 aliphatic rings. The highest BCUT2D eigenvalue weighted by atomic mass is 32.2. The Kier molecular flexibility index (Phi) is 6.90. The highest BCUT2D eigenvalue weighted by Crippen LogP contribution is 2.33. The van der Waals surface area contributed by atoms with Gasteiger partial charge in [-0.1, -0.05) is 42.2 Å². The Balaban J connectivity index is 1.61. The number of hydrogen-bond acceptors (Lipinski definition) is 6. The van der Waals surface area contributed by atoms with E-state index in [0.29, 0.717) is 26.4 Å². The molecule has 150 valence electrons. The predicted octanol–water partition coefficient (Wildman–Crippen LogP) is 3.93. The molecule has 0 spiro atoms. The van der Waals surface area contributed by atoms with Crippen LogP contribution in [0.25, 0.3) is 6.08 Å². The largest absolute Gasteiger partial charge is 0.497 e. The van der Waals surface area contributed by atoms with Gasteiger partial charge in [0, 0.05) is 24.7 Å². The highest BCUT2D eigenvalue weighted by Gasteiger charge is 2.32. The van der Waals surface area contributed by atoms with Crippen molar-refractivity contribution in [1.29, 1.82) is 0 Å². The average Bonchev–Trinajstić information content (AvgIpc) is 2.99. The maximum Gasteiger partial charge on any atom is 0.266 e. The van der Waals surface area contributed by atoms with Gasteiger partial charge in [0.15, 0.2) is 0 Å². The number of hydrogen-bond donors (Lipinski definition) is 1. The smallest absolute Gasteiger partial charge is 0.266 e. The molecule has 2 aromatic carbocycles. The van der Waals surface area contributed by atoms with Crippen molar-refractivity contribution in [2.24, 2.45) is 0 Å². The molecule has 0 aromatic heterocycles. The van der Waals surface area contributed by atoms with E-state index < -0.39 is 0 Å². The monoisotopic (exact) mass is 428 g/mol. The maximum atomic E-state index is 12.7. The SMILES string of the molecule is COc1cccc(C=C2SC(=S)N(CCC(=O)Nc3cccc(OC)c3)C2=O)c1. The lowest BCUT2D eigenvalue weighted by Crippen LogP contribution is -2.31. The fourth-order valence-corrected chi connectivity index (χ4v) is 4.02. The third-order valence-electron chi connectivity index (χ3n) is 4.18. The van der Waals surface area contributed by atoms with Gasteiger partial charge in [0.05, 0.1) is 19.1 Å². The number of ether oxygens (including phenoxy) is 2. The Morgan fingerprint density at radius 1 is 1.14 bits per heavy atom. The zero-order chi connectivity index (χ0) is 20.8. The second-order valence-corrected chi connectivity index (χ2v) is 7.82. The van der Waals surface area contributed by atoms with Gasteiger partial charge in [-0.05, 0) is 35.9 Å². The Morgan fingerprint density at radius 3 is 2.55 bits per heavy atom. The summed E-state index contributed by atoms with van der Waals surface area (Å²) in [5.41, 5.74) is 1.48. The molecule has 1 aliphatic heterocycles. The first-order valence-electron chi connectivity index (χ1n) is 8.83. The van der Waals surface area contributed by atoms with Gasteiger partial charge in [-0.3, -0.25) is 14.5 Å². The summed E-state index contributed by atoms with van der Waals surface area (Å²) in [6.07, 6.45) is 1.91. The third-order valence-corrected chi connectivity index (χ3v) is 5.56. The van der Waals surface area contributed by atoms with E-state index in [0.717, 1.165) is 5.56 Å². The van der Waals surface area contributed by atoms with Crippen LogP contribution in [-0.4, -0.2) is 41.8 Å². The molecule has 1 saturated heterocycles. The number of nitrogens with zero attached hydrogens (tertiary/aromatic N) is 1. The van der Waals surface area contributed by atoms with Crippen molar-refractivity contribution >= 4 is 51.9 Å². The summed E-state index contributed by atoms with van der Waals surface area (Å²) in [5.74, 6) is 0.965. The van der Waals surface area contributed by atoms with Crippen molar-refractivity contribution in [3.63, 3.8) is 0 Å². The van der Waals surface area contributed by atoms with Gasteiger partial charge in [0.25, 0.3) is 5.91 Å². The van der Waals surface area contributed by atoms with Crippen LogP contribution in [0.4, 0.5) is 5.69 Å². The van der Waals surface area contributed by atoms with E-state index in [2.05, 4.69) is 5.32 Å². The molecule has 0 radical (unpaired) electrons. The van der Waals surface area contributed by atoms with Crippen LogP contribution in [0.3, 0.4) is 0 Å². The first-order chi connectivity index (χ1) is 14.0. The molecular formula is C21H20N2O4S2. The Bertz CT molecular complexity index is 975. The van der Waals surface area contributed by atoms with Crippen molar-refractivity contribution in [3.8, 4) is 11.5 Å². The molecule has 2 aromatic rings. The van der Waals surface area contributed by atoms with E-state index in [1.807, 2.05) is 24.3 Å². The van der Waals surface area contributed by atoms with E-state index in [-0.39, 0.29) is 24.8 Å². The molecule has 1 fully saturated rings. The van der Waals surface area contributed by atoms with Crippen molar-refractivity contribution in [3.05, 3.63) is 59.0 Å². The summed E-state index contributed by atoms with van der Waals surface area (Å²) < 4.78 is 10.8. The van der Waals surface area contributed by atoms with Crippen LogP contribution in [0.2, 0.25) is 0 Å². The van der Waals surface area contributed by atoms with Crippen molar-refractivity contribution < 1.29 is 19.1 Å². The fourth-order valence-electron chi connectivity index (χ4n) is 2.71. The first-order valence-corrected chi connectivity index (χ1v) is 10.1. The number of rotatable bonds is 7. The van der Waals surface area contributed by atoms with Crippen LogP contribution in [0.15, 0.2) is 53.4 Å². The second kappa shape index (κ2) is 9.58. The van der Waals surface area contributed by atoms with E-state index in [1.165, 1.54) is 16.7 Å². The number of anilines is 1. The number of amides is 2. The summed E-state index contributed by atoms with van der Waals surface area (Å²) in [6.45, 7) is 0.218. The third kappa shape index (κ3) is 5.36. The number of benzene rings is 2. The van der Waals surface area contributed by atoms with Gasteiger partial charge >= 0.3 is 0 Å². The lowest BCUT2D eigenvalue weighted by Gasteiger charge is -2.14. The zero-order valence-corrected chi connectivity index (χ0v) is 17.6. The predicted molar refractivity (Wildman–Crippen MR) is 119 cm³/mol. The molecule has 0 unspecified atom stereocenters. The normalized spacial score (nSPS) is 15.0. The minimum atomic E-state index is -0.205. The Morgan fingerprint density at radius 2 is 1.83 bits per heavy atom. The summed E-state index contributed by atoms with van der Waals surface area (Å²) >= 11 is 6.56. The molecule has 0 saturated carbocycles. The van der Waals surface area contributed by atoms with E-state index >= 15 is 0 Å². The van der Waals surface area contributed by atoms with Gasteiger partial charge in [-0.15, -0.1) is 0 Å². The summed E-state index contributed by atoms with van der Waals surface area (Å²) in [6, 6.07) is 14.5. The number of thiocarbonyl (C=S) groups is 1. The topological polar surface area (TPSA) is 67.9 Å². The molecule has 1 heterocycles. The maximum absolute atomic E-state index is 12.7. The molecule has 1 N–H and O–H groups in total. The lowest BCUT2D eigenvalue weighted by molar-refractivity contribution is -0.122. The summed E-state index contributed by atoms with van der Waals surface area (Å²) in [4.78, 5) is 26.9. The molecule has 3 rings (SSSR count). The standard InChI is InChI=1S/C21H20N2O4S2/c1-26-16-7-3-5-14(11-16)12-18-20(25)23(21(28)29-18)10-9-19(24)22-15-6-4-8-17(13-15)27-2/h3-8,11-13H,9-10H2,1-2H3,(H,22,24). The summed E-state index contributed by atoms with van der Waals surface area (Å²) in [5, 5.41) is 2.80. The number of nitrogens with one attached hydrogen (secondary N) is 1. The van der Waals surface area contributed by atoms with Gasteiger partial charge in [-0.25, -0.2) is 0 Å². The Labute approximate surface area is 178 Å². The molecule has 0 atom stereocenters. The van der Waals surface area contributed by atoms with Crippen molar-refractivity contribution in [2.45, 2.75) is 6.42 Å². The molecular weight excluding hydrogens is 408 g/mol. The summed E-state index contributed by atoms with van der Waals surface area (Å²) in [7, 11) is 3.16. The van der Waals surface area contributed by atoms with Crippen LogP contribution in [0.5, 0.6) is 11.5 Å². The van der Waals surface area contributed by atoms with Gasteiger partial charge in [0.1, 0.15) is 15.8 Å². The number of thioether (sulfide) groups is 1. The van der Waals surface area contributed by atoms with Gasteiger partial charge in [-0.2, -0.15) is 0 Å². The minimum absolute atomic E-state index is 0.135. The minimum Gasteiger partial charge on any atom is -0.497 e. The zero-order valence-electron chi connectivity index (χ0n) is 16.0.